The fraction of sp³-hybridized carbons (Fsp3) is 0.393. The molecule has 3 aromatic rings. The van der Waals surface area contributed by atoms with Crippen molar-refractivity contribution >= 4 is 17.5 Å². The van der Waals surface area contributed by atoms with E-state index >= 15 is 0 Å². The van der Waals surface area contributed by atoms with Crippen molar-refractivity contribution in [2.75, 3.05) is 33.3 Å². The molecule has 0 atom stereocenters. The van der Waals surface area contributed by atoms with Crippen molar-refractivity contribution < 1.29 is 14.6 Å². The van der Waals surface area contributed by atoms with Gasteiger partial charge in [-0.3, -0.25) is 14.5 Å². The molecule has 0 spiro atoms. The Bertz CT molecular complexity index is 1330. The van der Waals surface area contributed by atoms with Crippen LogP contribution in [0, 0.1) is 6.92 Å². The maximum absolute atomic E-state index is 13.6. The van der Waals surface area contributed by atoms with Crippen molar-refractivity contribution in [1.82, 2.24) is 19.8 Å². The number of nitrogens with zero attached hydrogens (tertiary/aromatic N) is 3. The summed E-state index contributed by atoms with van der Waals surface area (Å²) in [4.78, 5) is 37.8. The molecular weight excluding hydrogens is 492 g/mol. The van der Waals surface area contributed by atoms with Gasteiger partial charge in [-0.2, -0.15) is 0 Å². The molecule has 1 fully saturated rings. The number of H-pyrrole nitrogens is 1. The standard InChI is InChI=1S/C28H33ClN4O4/c1-4-5-10-20-24(23-18(2)8-6-11-21(23)37-3)26(34)25(27(35)31-20)28(36)33-15-13-32(14-16-33)17-19-9-7-12-22(29)30-19/h6-9,11-12H,4-5,10,13-17H2,1-3H3,(H2,31,34,35). The molecule has 2 N–H and O–H groups in total. The minimum atomic E-state index is -0.574. The second kappa shape index (κ2) is 11.8. The zero-order chi connectivity index (χ0) is 26.5. The quantitative estimate of drug-likeness (QED) is 0.423. The number of pyridine rings is 2. The SMILES string of the molecule is CCCCc1[nH]c(=O)c(C(=O)N2CCN(Cc3cccc(Cl)n3)CC2)c(O)c1-c1c(C)cccc1OC. The Kier molecular flexibility index (Phi) is 8.51. The molecule has 1 aliphatic rings. The van der Waals surface area contributed by atoms with Crippen LogP contribution >= 0.6 is 11.6 Å². The molecule has 9 heteroatoms. The largest absolute Gasteiger partial charge is 0.506 e. The van der Waals surface area contributed by atoms with Gasteiger partial charge in [0.1, 0.15) is 22.2 Å². The number of carbonyl (C=O) groups is 1. The van der Waals surface area contributed by atoms with Crippen LogP contribution in [0.5, 0.6) is 11.5 Å². The van der Waals surface area contributed by atoms with Gasteiger partial charge in [-0.05, 0) is 43.5 Å². The number of methoxy groups -OCH3 is 1. The van der Waals surface area contributed by atoms with Crippen LogP contribution in [0.2, 0.25) is 5.15 Å². The Hall–Kier alpha value is -3.36. The van der Waals surface area contributed by atoms with Gasteiger partial charge in [0, 0.05) is 49.5 Å². The summed E-state index contributed by atoms with van der Waals surface area (Å²) in [6, 6.07) is 11.1. The van der Waals surface area contributed by atoms with E-state index in [1.165, 1.54) is 0 Å². The van der Waals surface area contributed by atoms with Crippen LogP contribution in [0.1, 0.15) is 47.1 Å². The molecule has 1 aliphatic heterocycles. The lowest BCUT2D eigenvalue weighted by molar-refractivity contribution is 0.0622. The highest BCUT2D eigenvalue weighted by Crippen LogP contribution is 2.41. The topological polar surface area (TPSA) is 98.8 Å². The van der Waals surface area contributed by atoms with Crippen molar-refractivity contribution in [3.05, 3.63) is 74.4 Å². The number of hydrogen-bond acceptors (Lipinski definition) is 6. The molecule has 2 aromatic heterocycles. The van der Waals surface area contributed by atoms with Crippen molar-refractivity contribution in [2.24, 2.45) is 0 Å². The van der Waals surface area contributed by atoms with Gasteiger partial charge in [0.15, 0.2) is 0 Å². The average molecular weight is 525 g/mol. The number of unbranched alkanes of at least 4 members (excludes halogenated alkanes) is 1. The molecule has 8 nitrogen and oxygen atoms in total. The first kappa shape index (κ1) is 26.7. The summed E-state index contributed by atoms with van der Waals surface area (Å²) in [5.74, 6) is -0.199. The van der Waals surface area contributed by atoms with Gasteiger partial charge in [0.25, 0.3) is 11.5 Å². The number of amides is 1. The van der Waals surface area contributed by atoms with Crippen molar-refractivity contribution in [2.45, 2.75) is 39.7 Å². The molecule has 196 valence electrons. The number of piperazine rings is 1. The summed E-state index contributed by atoms with van der Waals surface area (Å²) < 4.78 is 5.59. The second-order valence-corrected chi connectivity index (χ2v) is 9.69. The second-order valence-electron chi connectivity index (χ2n) is 9.31. The molecule has 0 radical (unpaired) electrons. The predicted molar refractivity (Wildman–Crippen MR) is 144 cm³/mol. The zero-order valence-corrected chi connectivity index (χ0v) is 22.3. The number of aromatic nitrogens is 2. The Morgan fingerprint density at radius 1 is 1.14 bits per heavy atom. The van der Waals surface area contributed by atoms with E-state index in [9.17, 15) is 14.7 Å². The lowest BCUT2D eigenvalue weighted by Gasteiger charge is -2.34. The molecule has 0 saturated carbocycles. The summed E-state index contributed by atoms with van der Waals surface area (Å²) in [6.45, 7) is 6.69. The molecule has 1 aromatic carbocycles. The van der Waals surface area contributed by atoms with E-state index in [-0.39, 0.29) is 11.3 Å². The molecule has 1 amide bonds. The van der Waals surface area contributed by atoms with Crippen molar-refractivity contribution in [1.29, 1.82) is 0 Å². The summed E-state index contributed by atoms with van der Waals surface area (Å²) in [6.07, 6.45) is 2.31. The van der Waals surface area contributed by atoms with E-state index in [1.54, 1.807) is 18.1 Å². The van der Waals surface area contributed by atoms with E-state index in [2.05, 4.69) is 21.8 Å². The maximum atomic E-state index is 13.6. The van der Waals surface area contributed by atoms with Gasteiger partial charge < -0.3 is 19.7 Å². The highest BCUT2D eigenvalue weighted by Gasteiger charge is 2.30. The van der Waals surface area contributed by atoms with Gasteiger partial charge in [-0.1, -0.05) is 43.1 Å². The van der Waals surface area contributed by atoms with Gasteiger partial charge in [0.2, 0.25) is 0 Å². The van der Waals surface area contributed by atoms with Crippen LogP contribution in [0.4, 0.5) is 0 Å². The van der Waals surface area contributed by atoms with Gasteiger partial charge in [-0.25, -0.2) is 4.98 Å². The number of carbonyl (C=O) groups excluding carboxylic acids is 1. The highest BCUT2D eigenvalue weighted by molar-refractivity contribution is 6.29. The highest BCUT2D eigenvalue weighted by atomic mass is 35.5. The Balaban J connectivity index is 1.64. The van der Waals surface area contributed by atoms with Crippen LogP contribution in [0.15, 0.2) is 41.2 Å². The summed E-state index contributed by atoms with van der Waals surface area (Å²) in [5, 5.41) is 11.9. The van der Waals surface area contributed by atoms with Crippen LogP contribution in [-0.4, -0.2) is 64.1 Å². The minimum absolute atomic E-state index is 0.231. The Labute approximate surface area is 221 Å². The third kappa shape index (κ3) is 5.81. The molecule has 37 heavy (non-hydrogen) atoms. The van der Waals surface area contributed by atoms with E-state index < -0.39 is 11.5 Å². The number of aryl methyl sites for hydroxylation is 2. The smallest absolute Gasteiger partial charge is 0.264 e. The number of aromatic hydroxyl groups is 1. The van der Waals surface area contributed by atoms with Crippen molar-refractivity contribution in [3.63, 3.8) is 0 Å². The molecule has 4 rings (SSSR count). The monoisotopic (exact) mass is 524 g/mol. The minimum Gasteiger partial charge on any atom is -0.506 e. The molecule has 1 saturated heterocycles. The van der Waals surface area contributed by atoms with E-state index in [0.29, 0.717) is 66.9 Å². The molecular formula is C28H33ClN4O4. The van der Waals surface area contributed by atoms with E-state index in [4.69, 9.17) is 16.3 Å². The fourth-order valence-corrected chi connectivity index (χ4v) is 4.99. The first-order chi connectivity index (χ1) is 17.8. The first-order valence-electron chi connectivity index (χ1n) is 12.6. The lowest BCUT2D eigenvalue weighted by Crippen LogP contribution is -2.49. The van der Waals surface area contributed by atoms with Crippen LogP contribution < -0.4 is 10.3 Å². The zero-order valence-electron chi connectivity index (χ0n) is 21.5. The normalized spacial score (nSPS) is 14.1. The summed E-state index contributed by atoms with van der Waals surface area (Å²) >= 11 is 6.00. The fourth-order valence-electron chi connectivity index (χ4n) is 4.81. The van der Waals surface area contributed by atoms with Gasteiger partial charge in [0.05, 0.1) is 12.8 Å². The number of hydrogen-bond donors (Lipinski definition) is 2. The van der Waals surface area contributed by atoms with Crippen LogP contribution in [0.25, 0.3) is 11.1 Å². The van der Waals surface area contributed by atoms with Crippen LogP contribution in [-0.2, 0) is 13.0 Å². The predicted octanol–water partition coefficient (Wildman–Crippen LogP) is 4.41. The third-order valence-electron chi connectivity index (χ3n) is 6.78. The van der Waals surface area contributed by atoms with Crippen LogP contribution in [0.3, 0.4) is 0 Å². The third-order valence-corrected chi connectivity index (χ3v) is 6.99. The summed E-state index contributed by atoms with van der Waals surface area (Å²) in [7, 11) is 1.57. The molecule has 0 unspecified atom stereocenters. The van der Waals surface area contributed by atoms with Gasteiger partial charge in [-0.15, -0.1) is 0 Å². The lowest BCUT2D eigenvalue weighted by atomic mass is 9.93. The molecule has 3 heterocycles. The number of rotatable bonds is 8. The van der Waals surface area contributed by atoms with Gasteiger partial charge >= 0.3 is 0 Å². The molecule has 0 aliphatic carbocycles. The van der Waals surface area contributed by atoms with E-state index in [1.807, 2.05) is 37.3 Å². The van der Waals surface area contributed by atoms with Crippen molar-refractivity contribution in [3.8, 4) is 22.6 Å². The van der Waals surface area contributed by atoms with E-state index in [0.717, 1.165) is 24.1 Å². The first-order valence-corrected chi connectivity index (χ1v) is 13.0. The Morgan fingerprint density at radius 3 is 2.54 bits per heavy atom. The number of aromatic amines is 1. The number of benzene rings is 1. The maximum Gasteiger partial charge on any atom is 0.264 e. The number of nitrogens with one attached hydrogen (secondary N) is 1. The number of halogens is 1. The number of ether oxygens (including phenoxy) is 1. The molecule has 0 bridgehead atoms. The Morgan fingerprint density at radius 2 is 1.86 bits per heavy atom. The average Bonchev–Trinajstić information content (AvgIpc) is 2.88. The summed E-state index contributed by atoms with van der Waals surface area (Å²) in [5.41, 5.74) is 2.67.